The lowest BCUT2D eigenvalue weighted by atomic mass is 10.1. The standard InChI is InChI=1S/2C25H24N4O3.C24H24N4O3/c1-2-7-23(30)29-15-6-8-19(29)16-28-17-22(25(26)31)24(27-28)18-11-13-21(14-12-18)32-20-9-4-3-5-10-20;1-2-7-23(30)28-15-6-8-19(16-28)29-17-22(25(26)31)24(27-29)18-11-13-21(14-12-18)32-20-9-4-3-5-10-20;1-2-22(29)28-14-6-7-18(28)15-27-16-21(24(25)30)23(26-27)17-10-12-20(13-11-17)31-19-8-4-3-5-9-19/h2*3-5,9-14,17,19H,6,8,15-16H2,1H3,(H2,26,31);2-5,8-13,16,18H,1,6-7,14-15H2,(H2,25,30)/t;19-;/m.1./s1. The third-order valence-corrected chi connectivity index (χ3v) is 16.2. The molecule has 6 heterocycles. The fourth-order valence-corrected chi connectivity index (χ4v) is 11.6. The molecule has 3 aliphatic rings. The fraction of sp³-hybridized carbons (Fsp3) is 0.230. The largest absolute Gasteiger partial charge is 0.457 e. The Hall–Kier alpha value is -12.0. The first-order chi connectivity index (χ1) is 46.1. The summed E-state index contributed by atoms with van der Waals surface area (Å²) in [5, 5.41) is 13.9. The Labute approximate surface area is 550 Å². The van der Waals surface area contributed by atoms with Crippen LogP contribution in [0.15, 0.2) is 195 Å². The first kappa shape index (κ1) is 66.0. The molecule has 6 amide bonds. The zero-order valence-corrected chi connectivity index (χ0v) is 52.8. The summed E-state index contributed by atoms with van der Waals surface area (Å²) in [4.78, 5) is 78.0. The molecule has 12 rings (SSSR count). The van der Waals surface area contributed by atoms with Gasteiger partial charge in [0.05, 0.1) is 47.9 Å². The number of ether oxygens (including phenoxy) is 3. The molecule has 0 radical (unpaired) electrons. The molecule has 3 aromatic heterocycles. The van der Waals surface area contributed by atoms with E-state index in [9.17, 15) is 28.8 Å². The van der Waals surface area contributed by atoms with Gasteiger partial charge in [-0.3, -0.25) is 42.8 Å². The minimum Gasteiger partial charge on any atom is -0.457 e. The summed E-state index contributed by atoms with van der Waals surface area (Å²) < 4.78 is 22.6. The number of carbonyl (C=O) groups excluding carboxylic acids is 6. The summed E-state index contributed by atoms with van der Waals surface area (Å²) in [6, 6.07) is 50.5. The summed E-state index contributed by atoms with van der Waals surface area (Å²) in [7, 11) is 0. The average Bonchev–Trinajstić information content (AvgIpc) is 1.69. The predicted octanol–water partition coefficient (Wildman–Crippen LogP) is 10.7. The van der Waals surface area contributed by atoms with E-state index in [0.717, 1.165) is 72.5 Å². The second-order valence-electron chi connectivity index (χ2n) is 22.6. The number of primary amides is 3. The SMILES string of the molecule is C=CC(=O)N1CCCC1Cn1cc(C(N)=O)c(-c2ccc(Oc3ccccc3)cc2)n1.CC#CC(=O)N1CCCC1Cn1cc(C(N)=O)c(-c2ccc(Oc3ccccc3)cc2)n1.CC#CC(=O)N1CCC[C@@H](n2cc(C(N)=O)c(-c3ccc(Oc4ccccc4)cc3)n2)C1. The summed E-state index contributed by atoms with van der Waals surface area (Å²) in [6.07, 6.45) is 11.6. The Morgan fingerprint density at radius 3 is 1.25 bits per heavy atom. The van der Waals surface area contributed by atoms with Crippen molar-refractivity contribution in [2.75, 3.05) is 26.2 Å². The molecule has 9 aromatic rings. The fourth-order valence-electron chi connectivity index (χ4n) is 11.6. The molecule has 6 N–H and O–H groups in total. The number of hydrogen-bond acceptors (Lipinski definition) is 12. The monoisotopic (exact) mass is 1270 g/mol. The van der Waals surface area contributed by atoms with Crippen molar-refractivity contribution in [1.29, 1.82) is 0 Å². The molecule has 21 nitrogen and oxygen atoms in total. The van der Waals surface area contributed by atoms with Crippen LogP contribution in [-0.4, -0.2) is 118 Å². The van der Waals surface area contributed by atoms with Crippen molar-refractivity contribution < 1.29 is 43.0 Å². The Balaban J connectivity index is 0.000000155. The summed E-state index contributed by atoms with van der Waals surface area (Å²) in [5.74, 6) is 12.7. The minimum absolute atomic E-state index is 0.0145. The number of likely N-dealkylation sites (tertiary alicyclic amines) is 3. The van der Waals surface area contributed by atoms with E-state index < -0.39 is 17.7 Å². The van der Waals surface area contributed by atoms with Gasteiger partial charge in [0.1, 0.15) is 51.6 Å². The highest BCUT2D eigenvalue weighted by atomic mass is 16.5. The molecule has 2 unspecified atom stereocenters. The van der Waals surface area contributed by atoms with E-state index in [1.54, 1.807) is 61.2 Å². The molecule has 0 spiro atoms. The van der Waals surface area contributed by atoms with Gasteiger partial charge in [-0.15, -0.1) is 0 Å². The number of amides is 6. The van der Waals surface area contributed by atoms with Crippen molar-refractivity contribution in [3.8, 4) is 92.0 Å². The molecule has 0 aliphatic carbocycles. The number of nitrogens with zero attached hydrogens (tertiary/aromatic N) is 9. The highest BCUT2D eigenvalue weighted by molar-refractivity contribution is 6.00. The van der Waals surface area contributed by atoms with Gasteiger partial charge < -0.3 is 46.1 Å². The second-order valence-corrected chi connectivity index (χ2v) is 22.6. The minimum atomic E-state index is -0.549. The summed E-state index contributed by atoms with van der Waals surface area (Å²) >= 11 is 0. The Morgan fingerprint density at radius 1 is 0.474 bits per heavy atom. The molecule has 95 heavy (non-hydrogen) atoms. The van der Waals surface area contributed by atoms with Crippen molar-refractivity contribution in [2.24, 2.45) is 17.2 Å². The third kappa shape index (κ3) is 17.0. The van der Waals surface area contributed by atoms with Gasteiger partial charge in [0, 0.05) is 61.5 Å². The van der Waals surface area contributed by atoms with Gasteiger partial charge >= 0.3 is 0 Å². The first-order valence-corrected chi connectivity index (χ1v) is 31.2. The van der Waals surface area contributed by atoms with E-state index >= 15 is 0 Å². The van der Waals surface area contributed by atoms with Crippen LogP contribution in [-0.2, 0) is 27.5 Å². The van der Waals surface area contributed by atoms with E-state index in [0.29, 0.717) is 90.3 Å². The van der Waals surface area contributed by atoms with Crippen LogP contribution in [0.5, 0.6) is 34.5 Å². The van der Waals surface area contributed by atoms with Crippen LogP contribution in [0, 0.1) is 23.7 Å². The number of hydrogen-bond donors (Lipinski definition) is 3. The summed E-state index contributed by atoms with van der Waals surface area (Å²) in [6.45, 7) is 10.4. The number of rotatable bonds is 18. The zero-order chi connectivity index (χ0) is 66.8. The van der Waals surface area contributed by atoms with Crippen LogP contribution in [0.1, 0.15) is 89.5 Å². The number of piperidine rings is 1. The lowest BCUT2D eigenvalue weighted by Gasteiger charge is -2.31. The van der Waals surface area contributed by atoms with Crippen LogP contribution in [0.4, 0.5) is 0 Å². The van der Waals surface area contributed by atoms with Gasteiger partial charge in [0.2, 0.25) is 5.91 Å². The number of carbonyl (C=O) groups is 6. The molecule has 3 aliphatic heterocycles. The van der Waals surface area contributed by atoms with Crippen LogP contribution in [0.2, 0.25) is 0 Å². The molecule has 0 saturated carbocycles. The van der Waals surface area contributed by atoms with Crippen LogP contribution in [0.3, 0.4) is 0 Å². The topological polar surface area (TPSA) is 271 Å². The number of aromatic nitrogens is 6. The van der Waals surface area contributed by atoms with Gasteiger partial charge in [-0.05, 0) is 179 Å². The lowest BCUT2D eigenvalue weighted by Crippen LogP contribution is -2.40. The molecular formula is C74H72N12O9. The number of nitrogens with two attached hydrogens (primary N) is 3. The van der Waals surface area contributed by atoms with E-state index in [2.05, 4.69) is 45.6 Å². The number of benzene rings is 6. The molecule has 6 aromatic carbocycles. The average molecular weight is 1270 g/mol. The quantitative estimate of drug-likeness (QED) is 0.0535. The van der Waals surface area contributed by atoms with E-state index in [-0.39, 0.29) is 35.8 Å². The van der Waals surface area contributed by atoms with Gasteiger partial charge in [0.25, 0.3) is 29.5 Å². The van der Waals surface area contributed by atoms with E-state index in [1.165, 1.54) is 6.08 Å². The van der Waals surface area contributed by atoms with Gasteiger partial charge in [0.15, 0.2) is 0 Å². The maximum Gasteiger partial charge on any atom is 0.298 e. The van der Waals surface area contributed by atoms with Crippen LogP contribution >= 0.6 is 0 Å². The van der Waals surface area contributed by atoms with Crippen LogP contribution < -0.4 is 31.4 Å². The summed E-state index contributed by atoms with van der Waals surface area (Å²) in [5.41, 5.74) is 21.7. The second kappa shape index (κ2) is 31.4. The van der Waals surface area contributed by atoms with Gasteiger partial charge in [-0.25, -0.2) is 0 Å². The van der Waals surface area contributed by atoms with Gasteiger partial charge in [-0.1, -0.05) is 73.0 Å². The maximum absolute atomic E-state index is 12.2. The van der Waals surface area contributed by atoms with Crippen molar-refractivity contribution in [1.82, 2.24) is 44.0 Å². The molecule has 3 atom stereocenters. The van der Waals surface area contributed by atoms with E-state index in [1.807, 2.05) is 164 Å². The van der Waals surface area contributed by atoms with Crippen LogP contribution in [0.25, 0.3) is 33.8 Å². The Kier molecular flexibility index (Phi) is 21.8. The molecule has 0 bridgehead atoms. The lowest BCUT2D eigenvalue weighted by molar-refractivity contribution is -0.127. The normalized spacial score (nSPS) is 15.4. The Morgan fingerprint density at radius 2 is 0.842 bits per heavy atom. The highest BCUT2D eigenvalue weighted by Crippen LogP contribution is 2.33. The number of para-hydroxylation sites is 3. The zero-order valence-electron chi connectivity index (χ0n) is 52.8. The highest BCUT2D eigenvalue weighted by Gasteiger charge is 2.31. The first-order valence-electron chi connectivity index (χ1n) is 31.2. The molecule has 3 saturated heterocycles. The predicted molar refractivity (Wildman–Crippen MR) is 360 cm³/mol. The Bertz CT molecular complexity index is 4320. The van der Waals surface area contributed by atoms with Crippen molar-refractivity contribution in [3.05, 3.63) is 212 Å². The van der Waals surface area contributed by atoms with Crippen molar-refractivity contribution in [2.45, 2.75) is 83.6 Å². The van der Waals surface area contributed by atoms with E-state index in [4.69, 9.17) is 31.4 Å². The van der Waals surface area contributed by atoms with Crippen molar-refractivity contribution in [3.63, 3.8) is 0 Å². The molecular weight excluding hydrogens is 1200 g/mol. The third-order valence-electron chi connectivity index (χ3n) is 16.2. The van der Waals surface area contributed by atoms with Crippen molar-refractivity contribution >= 4 is 35.4 Å². The molecule has 21 heteroatoms. The maximum atomic E-state index is 12.2. The smallest absolute Gasteiger partial charge is 0.298 e. The molecule has 482 valence electrons. The molecule has 3 fully saturated rings. The van der Waals surface area contributed by atoms with Gasteiger partial charge in [-0.2, -0.15) is 15.3 Å².